The van der Waals surface area contributed by atoms with Crippen LogP contribution in [-0.4, -0.2) is 44.9 Å². The van der Waals surface area contributed by atoms with E-state index < -0.39 is 5.41 Å². The average Bonchev–Trinajstić information content (AvgIpc) is 2.43. The van der Waals surface area contributed by atoms with Crippen LogP contribution in [0.4, 0.5) is 0 Å². The maximum atomic E-state index is 12.5. The molecule has 2 aliphatic rings. The molecule has 3 N–H and O–H groups in total. The normalized spacial score (nSPS) is 30.8. The second-order valence-corrected chi connectivity index (χ2v) is 6.40. The lowest BCUT2D eigenvalue weighted by Crippen LogP contribution is -2.64. The Labute approximate surface area is 127 Å². The Bertz CT molecular complexity index is 343. The number of carbonyl (C=O) groups is 1. The number of hydrogen-bond acceptors (Lipinski definition) is 4. The molecule has 1 aliphatic heterocycles. The molecular formula is C14H27ClN2O3. The molecule has 2 atom stereocenters. The first-order chi connectivity index (χ1) is 8.96. The van der Waals surface area contributed by atoms with Crippen molar-refractivity contribution in [2.24, 2.45) is 16.6 Å². The molecule has 118 valence electrons. The Morgan fingerprint density at radius 1 is 1.40 bits per heavy atom. The van der Waals surface area contributed by atoms with Crippen molar-refractivity contribution in [3.05, 3.63) is 0 Å². The Hall–Kier alpha value is -0.360. The highest BCUT2D eigenvalue weighted by Crippen LogP contribution is 2.43. The highest BCUT2D eigenvalue weighted by atomic mass is 35.5. The van der Waals surface area contributed by atoms with Crippen molar-refractivity contribution in [2.75, 3.05) is 26.9 Å². The van der Waals surface area contributed by atoms with Crippen LogP contribution in [0.5, 0.6) is 0 Å². The van der Waals surface area contributed by atoms with Gasteiger partial charge in [-0.2, -0.15) is 0 Å². The third-order valence-electron chi connectivity index (χ3n) is 5.09. The van der Waals surface area contributed by atoms with Gasteiger partial charge in [0.25, 0.3) is 0 Å². The highest BCUT2D eigenvalue weighted by Gasteiger charge is 2.51. The van der Waals surface area contributed by atoms with Gasteiger partial charge < -0.3 is 20.5 Å². The second-order valence-electron chi connectivity index (χ2n) is 6.40. The minimum absolute atomic E-state index is 0. The summed E-state index contributed by atoms with van der Waals surface area (Å²) in [7, 11) is 1.73. The number of methoxy groups -OCH3 is 1. The van der Waals surface area contributed by atoms with Crippen LogP contribution in [-0.2, 0) is 14.3 Å². The van der Waals surface area contributed by atoms with E-state index in [9.17, 15) is 4.79 Å². The molecule has 1 amide bonds. The van der Waals surface area contributed by atoms with Crippen molar-refractivity contribution in [1.82, 2.24) is 5.32 Å². The minimum atomic E-state index is -0.438. The maximum Gasteiger partial charge on any atom is 0.227 e. The van der Waals surface area contributed by atoms with Crippen LogP contribution in [0.2, 0.25) is 0 Å². The van der Waals surface area contributed by atoms with E-state index in [-0.39, 0.29) is 35.9 Å². The van der Waals surface area contributed by atoms with Crippen LogP contribution in [0.25, 0.3) is 0 Å². The molecule has 1 saturated carbocycles. The number of ether oxygens (including phenoxy) is 2. The van der Waals surface area contributed by atoms with Gasteiger partial charge in [-0.3, -0.25) is 4.79 Å². The van der Waals surface area contributed by atoms with Gasteiger partial charge in [0, 0.05) is 38.3 Å². The maximum absolute atomic E-state index is 12.5. The van der Waals surface area contributed by atoms with E-state index in [2.05, 4.69) is 19.2 Å². The quantitative estimate of drug-likeness (QED) is 0.815. The van der Waals surface area contributed by atoms with E-state index in [0.29, 0.717) is 19.8 Å². The second kappa shape index (κ2) is 6.60. The topological polar surface area (TPSA) is 73.6 Å². The Kier molecular flexibility index (Phi) is 5.84. The number of amides is 1. The SMILES string of the molecule is COC1CC(NC(=O)C2(CN)CCOCC2)C1(C)C.Cl. The molecule has 2 fully saturated rings. The van der Waals surface area contributed by atoms with Gasteiger partial charge in [0.2, 0.25) is 5.91 Å². The fourth-order valence-corrected chi connectivity index (χ4v) is 3.13. The van der Waals surface area contributed by atoms with E-state index in [1.165, 1.54) is 0 Å². The van der Waals surface area contributed by atoms with Crippen LogP contribution in [0.15, 0.2) is 0 Å². The van der Waals surface area contributed by atoms with Crippen LogP contribution in [0, 0.1) is 10.8 Å². The first-order valence-electron chi connectivity index (χ1n) is 7.08. The molecule has 0 aromatic heterocycles. The monoisotopic (exact) mass is 306 g/mol. The van der Waals surface area contributed by atoms with Crippen molar-refractivity contribution in [3.63, 3.8) is 0 Å². The summed E-state index contributed by atoms with van der Waals surface area (Å²) in [5.41, 5.74) is 5.41. The zero-order valence-electron chi connectivity index (χ0n) is 12.6. The molecule has 1 heterocycles. The van der Waals surface area contributed by atoms with Crippen molar-refractivity contribution in [1.29, 1.82) is 0 Å². The van der Waals surface area contributed by atoms with Crippen LogP contribution < -0.4 is 11.1 Å². The summed E-state index contributed by atoms with van der Waals surface area (Å²) in [5.74, 6) is 0.0888. The smallest absolute Gasteiger partial charge is 0.227 e. The van der Waals surface area contributed by atoms with Crippen LogP contribution in [0.3, 0.4) is 0 Å². The molecular weight excluding hydrogens is 280 g/mol. The Morgan fingerprint density at radius 3 is 2.45 bits per heavy atom. The van der Waals surface area contributed by atoms with Crippen molar-refractivity contribution >= 4 is 18.3 Å². The summed E-state index contributed by atoms with van der Waals surface area (Å²) in [6, 6.07) is 0.177. The largest absolute Gasteiger partial charge is 0.381 e. The highest BCUT2D eigenvalue weighted by molar-refractivity contribution is 5.85. The number of rotatable bonds is 4. The van der Waals surface area contributed by atoms with E-state index in [1.54, 1.807) is 7.11 Å². The summed E-state index contributed by atoms with van der Waals surface area (Å²) in [5, 5.41) is 3.18. The van der Waals surface area contributed by atoms with E-state index >= 15 is 0 Å². The van der Waals surface area contributed by atoms with Gasteiger partial charge in [-0.1, -0.05) is 13.8 Å². The Balaban J connectivity index is 0.00000200. The third kappa shape index (κ3) is 2.96. The van der Waals surface area contributed by atoms with Crippen LogP contribution >= 0.6 is 12.4 Å². The molecule has 0 radical (unpaired) electrons. The van der Waals surface area contributed by atoms with Gasteiger partial charge in [-0.05, 0) is 19.3 Å². The number of halogens is 1. The molecule has 2 rings (SSSR count). The lowest BCUT2D eigenvalue weighted by Gasteiger charge is -2.52. The molecule has 0 aromatic rings. The first kappa shape index (κ1) is 17.7. The zero-order valence-corrected chi connectivity index (χ0v) is 13.4. The molecule has 0 bridgehead atoms. The standard InChI is InChI=1S/C14H26N2O3.ClH/c1-13(2)10(8-11(13)18-3)16-12(17)14(9-15)4-6-19-7-5-14;/h10-11H,4-9,15H2,1-3H3,(H,16,17);1H. The van der Waals surface area contributed by atoms with Crippen molar-refractivity contribution in [3.8, 4) is 0 Å². The molecule has 0 aromatic carbocycles. The summed E-state index contributed by atoms with van der Waals surface area (Å²) in [6.07, 6.45) is 2.54. The lowest BCUT2D eigenvalue weighted by molar-refractivity contribution is -0.145. The Morgan fingerprint density at radius 2 is 2.00 bits per heavy atom. The fourth-order valence-electron chi connectivity index (χ4n) is 3.13. The molecule has 6 heteroatoms. The number of hydrogen-bond donors (Lipinski definition) is 2. The molecule has 20 heavy (non-hydrogen) atoms. The van der Waals surface area contributed by atoms with Gasteiger partial charge >= 0.3 is 0 Å². The van der Waals surface area contributed by atoms with E-state index in [4.69, 9.17) is 15.2 Å². The van der Waals surface area contributed by atoms with Crippen LogP contribution in [0.1, 0.15) is 33.1 Å². The summed E-state index contributed by atoms with van der Waals surface area (Å²) in [6.45, 7) is 5.91. The van der Waals surface area contributed by atoms with Crippen molar-refractivity contribution in [2.45, 2.75) is 45.3 Å². The van der Waals surface area contributed by atoms with E-state index in [1.807, 2.05) is 0 Å². The van der Waals surface area contributed by atoms with Gasteiger partial charge in [0.05, 0.1) is 11.5 Å². The molecule has 1 saturated heterocycles. The molecule has 1 aliphatic carbocycles. The molecule has 0 spiro atoms. The first-order valence-corrected chi connectivity index (χ1v) is 7.08. The summed E-state index contributed by atoms with van der Waals surface area (Å²) < 4.78 is 10.8. The van der Waals surface area contributed by atoms with Gasteiger partial charge in [-0.25, -0.2) is 0 Å². The molecule has 5 nitrogen and oxygen atoms in total. The number of nitrogens with one attached hydrogen (secondary N) is 1. The van der Waals surface area contributed by atoms with E-state index in [0.717, 1.165) is 19.3 Å². The summed E-state index contributed by atoms with van der Waals surface area (Å²) >= 11 is 0. The van der Waals surface area contributed by atoms with Crippen molar-refractivity contribution < 1.29 is 14.3 Å². The lowest BCUT2D eigenvalue weighted by atomic mass is 9.64. The zero-order chi connectivity index (χ0) is 14.1. The number of nitrogens with two attached hydrogens (primary N) is 1. The predicted molar refractivity (Wildman–Crippen MR) is 79.9 cm³/mol. The average molecular weight is 307 g/mol. The van der Waals surface area contributed by atoms with Gasteiger partial charge in [0.1, 0.15) is 0 Å². The molecule has 2 unspecified atom stereocenters. The fraction of sp³-hybridized carbons (Fsp3) is 0.929. The third-order valence-corrected chi connectivity index (χ3v) is 5.09. The van der Waals surface area contributed by atoms with Gasteiger partial charge in [0.15, 0.2) is 0 Å². The van der Waals surface area contributed by atoms with Gasteiger partial charge in [-0.15, -0.1) is 12.4 Å². The number of carbonyl (C=O) groups excluding carboxylic acids is 1. The minimum Gasteiger partial charge on any atom is -0.381 e. The summed E-state index contributed by atoms with van der Waals surface area (Å²) in [4.78, 5) is 12.5. The predicted octanol–water partition coefficient (Wildman–Crippen LogP) is 1.09.